The van der Waals surface area contributed by atoms with Gasteiger partial charge in [-0.25, -0.2) is 4.98 Å². The van der Waals surface area contributed by atoms with Crippen LogP contribution in [0.1, 0.15) is 36.3 Å². The zero-order valence-corrected chi connectivity index (χ0v) is 16.4. The lowest BCUT2D eigenvalue weighted by molar-refractivity contribution is -0.131. The van der Waals surface area contributed by atoms with E-state index in [0.29, 0.717) is 12.5 Å². The molecule has 1 aromatic carbocycles. The monoisotopic (exact) mass is 380 g/mol. The number of aryl methyl sites for hydroxylation is 2. The third kappa shape index (κ3) is 4.30. The second-order valence-electron chi connectivity index (χ2n) is 7.14. The molecule has 0 aliphatic carbocycles. The van der Waals surface area contributed by atoms with Crippen molar-refractivity contribution in [2.24, 2.45) is 0 Å². The Labute approximate surface area is 163 Å². The summed E-state index contributed by atoms with van der Waals surface area (Å²) < 4.78 is 5.63. The number of benzene rings is 1. The average molecular weight is 381 g/mol. The highest BCUT2D eigenvalue weighted by Crippen LogP contribution is 2.27. The van der Waals surface area contributed by atoms with Crippen molar-refractivity contribution in [3.8, 4) is 10.8 Å². The molecule has 140 valence electrons. The molecule has 0 bridgehead atoms. The third-order valence-corrected chi connectivity index (χ3v) is 6.05. The molecule has 0 spiro atoms. The van der Waals surface area contributed by atoms with E-state index in [9.17, 15) is 4.79 Å². The van der Waals surface area contributed by atoms with Crippen LogP contribution in [0.5, 0.6) is 0 Å². The first-order chi connectivity index (χ1) is 13.2. The van der Waals surface area contributed by atoms with Gasteiger partial charge in [0.05, 0.1) is 12.1 Å². The third-order valence-electron chi connectivity index (χ3n) is 5.14. The highest BCUT2D eigenvalue weighted by atomic mass is 32.1. The maximum atomic E-state index is 12.9. The lowest BCUT2D eigenvalue weighted by Gasteiger charge is -2.24. The van der Waals surface area contributed by atoms with Crippen LogP contribution in [0.15, 0.2) is 52.3 Å². The second kappa shape index (κ2) is 8.09. The molecule has 2 aromatic heterocycles. The number of aromatic nitrogens is 1. The Morgan fingerprint density at radius 1 is 1.26 bits per heavy atom. The number of nitrogens with zero attached hydrogens (tertiary/aromatic N) is 2. The Balaban J connectivity index is 1.36. The van der Waals surface area contributed by atoms with E-state index in [1.54, 1.807) is 0 Å². The van der Waals surface area contributed by atoms with Crippen LogP contribution in [0.2, 0.25) is 0 Å². The fraction of sp³-hybridized carbons (Fsp3) is 0.364. The minimum Gasteiger partial charge on any atom is -0.459 e. The Hall–Kier alpha value is -2.40. The van der Waals surface area contributed by atoms with Crippen LogP contribution in [0.4, 0.5) is 0 Å². The minimum atomic E-state index is 0.193. The Morgan fingerprint density at radius 2 is 2.11 bits per heavy atom. The van der Waals surface area contributed by atoms with Crippen LogP contribution in [-0.2, 0) is 17.6 Å². The Kier molecular flexibility index (Phi) is 5.39. The summed E-state index contributed by atoms with van der Waals surface area (Å²) in [6.07, 6.45) is 4.63. The lowest BCUT2D eigenvalue weighted by atomic mass is 10.0. The van der Waals surface area contributed by atoms with Gasteiger partial charge in [0, 0.05) is 18.0 Å². The minimum absolute atomic E-state index is 0.193. The maximum absolute atomic E-state index is 12.9. The molecule has 1 amide bonds. The zero-order chi connectivity index (χ0) is 18.6. The molecule has 3 heterocycles. The summed E-state index contributed by atoms with van der Waals surface area (Å²) in [6, 6.07) is 14.7. The number of carbonyl (C=O) groups is 1. The van der Waals surface area contributed by atoms with E-state index in [4.69, 9.17) is 4.42 Å². The average Bonchev–Trinajstić information content (AvgIpc) is 3.41. The van der Waals surface area contributed by atoms with Gasteiger partial charge in [0.25, 0.3) is 0 Å². The van der Waals surface area contributed by atoms with Crippen molar-refractivity contribution < 1.29 is 9.21 Å². The summed E-state index contributed by atoms with van der Waals surface area (Å²) in [6.45, 7) is 2.79. The predicted octanol–water partition coefficient (Wildman–Crippen LogP) is 4.88. The van der Waals surface area contributed by atoms with Gasteiger partial charge in [-0.3, -0.25) is 4.79 Å². The van der Waals surface area contributed by atoms with Gasteiger partial charge in [0.1, 0.15) is 5.76 Å². The highest BCUT2D eigenvalue weighted by Gasteiger charge is 2.28. The summed E-state index contributed by atoms with van der Waals surface area (Å²) in [4.78, 5) is 19.5. The van der Waals surface area contributed by atoms with Crippen molar-refractivity contribution in [2.45, 2.75) is 45.1 Å². The first-order valence-corrected chi connectivity index (χ1v) is 10.4. The van der Waals surface area contributed by atoms with Crippen molar-refractivity contribution >= 4 is 17.2 Å². The van der Waals surface area contributed by atoms with Gasteiger partial charge in [-0.15, -0.1) is 11.3 Å². The molecule has 1 saturated heterocycles. The molecule has 0 saturated carbocycles. The fourth-order valence-corrected chi connectivity index (χ4v) is 4.53. The summed E-state index contributed by atoms with van der Waals surface area (Å²) >= 11 is 1.53. The molecule has 1 unspecified atom stereocenters. The van der Waals surface area contributed by atoms with E-state index in [1.807, 2.05) is 30.5 Å². The van der Waals surface area contributed by atoms with Gasteiger partial charge in [0.2, 0.25) is 5.91 Å². The number of rotatable bonds is 6. The van der Waals surface area contributed by atoms with Crippen molar-refractivity contribution in [3.05, 3.63) is 64.9 Å². The number of hydrogen-bond donors (Lipinski definition) is 0. The molecule has 1 fully saturated rings. The predicted molar refractivity (Wildman–Crippen MR) is 108 cm³/mol. The molecule has 0 N–H and O–H groups in total. The van der Waals surface area contributed by atoms with Gasteiger partial charge in [0.15, 0.2) is 10.8 Å². The van der Waals surface area contributed by atoms with E-state index in [0.717, 1.165) is 54.5 Å². The normalized spacial score (nSPS) is 16.8. The second-order valence-corrected chi connectivity index (χ2v) is 8.00. The van der Waals surface area contributed by atoms with Crippen LogP contribution in [0, 0.1) is 6.92 Å². The summed E-state index contributed by atoms with van der Waals surface area (Å²) in [7, 11) is 0. The molecular formula is C22H24N2O2S. The van der Waals surface area contributed by atoms with Crippen molar-refractivity contribution in [1.82, 2.24) is 9.88 Å². The SMILES string of the molecule is Cc1ccc(-c2nc(CC(=O)N3CCCC3CCc3ccccc3)cs2)o1. The van der Waals surface area contributed by atoms with Crippen LogP contribution in [-0.4, -0.2) is 28.4 Å². The van der Waals surface area contributed by atoms with E-state index < -0.39 is 0 Å². The quantitative estimate of drug-likeness (QED) is 0.612. The van der Waals surface area contributed by atoms with Crippen LogP contribution >= 0.6 is 11.3 Å². The number of likely N-dealkylation sites (tertiary alicyclic amines) is 1. The Bertz CT molecular complexity index is 900. The molecule has 4 nitrogen and oxygen atoms in total. The summed E-state index contributed by atoms with van der Waals surface area (Å²) in [5.41, 5.74) is 2.18. The molecule has 27 heavy (non-hydrogen) atoms. The standard InChI is InChI=1S/C22H24N2O2S/c1-16-9-12-20(26-16)22-23-18(15-27-22)14-21(25)24-13-5-8-19(24)11-10-17-6-3-2-4-7-17/h2-4,6-7,9,12,15,19H,5,8,10-11,13-14H2,1H3. The molecule has 5 heteroatoms. The molecule has 1 atom stereocenters. The number of thiazole rings is 1. The van der Waals surface area contributed by atoms with E-state index in [2.05, 4.69) is 34.1 Å². The smallest absolute Gasteiger partial charge is 0.228 e. The fourth-order valence-electron chi connectivity index (χ4n) is 3.75. The maximum Gasteiger partial charge on any atom is 0.228 e. The van der Waals surface area contributed by atoms with Gasteiger partial charge in [-0.2, -0.15) is 0 Å². The van der Waals surface area contributed by atoms with Gasteiger partial charge >= 0.3 is 0 Å². The lowest BCUT2D eigenvalue weighted by Crippen LogP contribution is -2.36. The van der Waals surface area contributed by atoms with Crippen molar-refractivity contribution in [1.29, 1.82) is 0 Å². The molecule has 1 aliphatic rings. The van der Waals surface area contributed by atoms with Gasteiger partial charge in [-0.1, -0.05) is 30.3 Å². The molecule has 1 aliphatic heterocycles. The van der Waals surface area contributed by atoms with E-state index in [1.165, 1.54) is 16.9 Å². The van der Waals surface area contributed by atoms with Crippen LogP contribution in [0.25, 0.3) is 10.8 Å². The van der Waals surface area contributed by atoms with Crippen molar-refractivity contribution in [3.63, 3.8) is 0 Å². The van der Waals surface area contributed by atoms with Gasteiger partial charge in [-0.05, 0) is 50.3 Å². The number of amides is 1. The molecule has 3 aromatic rings. The van der Waals surface area contributed by atoms with Crippen molar-refractivity contribution in [2.75, 3.05) is 6.54 Å². The number of hydrogen-bond acceptors (Lipinski definition) is 4. The van der Waals surface area contributed by atoms with Crippen LogP contribution < -0.4 is 0 Å². The molecule has 4 rings (SSSR count). The number of furan rings is 1. The molecular weight excluding hydrogens is 356 g/mol. The topological polar surface area (TPSA) is 46.3 Å². The highest BCUT2D eigenvalue weighted by molar-refractivity contribution is 7.13. The van der Waals surface area contributed by atoms with E-state index >= 15 is 0 Å². The van der Waals surface area contributed by atoms with Gasteiger partial charge < -0.3 is 9.32 Å². The first-order valence-electron chi connectivity index (χ1n) is 9.53. The van der Waals surface area contributed by atoms with Crippen LogP contribution in [0.3, 0.4) is 0 Å². The Morgan fingerprint density at radius 3 is 2.89 bits per heavy atom. The zero-order valence-electron chi connectivity index (χ0n) is 15.6. The van der Waals surface area contributed by atoms with E-state index in [-0.39, 0.29) is 5.91 Å². The largest absolute Gasteiger partial charge is 0.459 e. The summed E-state index contributed by atoms with van der Waals surface area (Å²) in [5, 5.41) is 2.81. The summed E-state index contributed by atoms with van der Waals surface area (Å²) in [5.74, 6) is 1.84. The molecule has 0 radical (unpaired) electrons. The number of carbonyl (C=O) groups excluding carboxylic acids is 1. The first kappa shape index (κ1) is 18.0.